The molecule has 2 fully saturated rings. The molecule has 206 valence electrons. The smallest absolute Gasteiger partial charge is 0.372 e. The molecular formula is C29H37F3N4O2. The van der Waals surface area contributed by atoms with Crippen LogP contribution >= 0.6 is 0 Å². The van der Waals surface area contributed by atoms with Gasteiger partial charge in [0.15, 0.2) is 0 Å². The number of carbonyl (C=O) groups excluding carboxylic acids is 2. The zero-order valence-corrected chi connectivity index (χ0v) is 22.3. The van der Waals surface area contributed by atoms with Crippen molar-refractivity contribution < 1.29 is 22.8 Å². The van der Waals surface area contributed by atoms with Crippen molar-refractivity contribution in [1.82, 2.24) is 15.5 Å². The van der Waals surface area contributed by atoms with Crippen LogP contribution in [0, 0.1) is 5.41 Å². The molecule has 2 N–H and O–H groups in total. The molecule has 4 rings (SSSR count). The third-order valence-electron chi connectivity index (χ3n) is 7.86. The van der Waals surface area contributed by atoms with Gasteiger partial charge in [-0.2, -0.15) is 13.2 Å². The Morgan fingerprint density at radius 3 is 2.29 bits per heavy atom. The Balaban J connectivity index is 1.38. The number of piperidine rings is 1. The lowest BCUT2D eigenvalue weighted by Crippen LogP contribution is -2.49. The number of alkyl halides is 3. The summed E-state index contributed by atoms with van der Waals surface area (Å²) in [4.78, 5) is 29.4. The van der Waals surface area contributed by atoms with Crippen LogP contribution in [0.15, 0.2) is 48.5 Å². The van der Waals surface area contributed by atoms with E-state index in [0.717, 1.165) is 49.0 Å². The number of imide groups is 1. The van der Waals surface area contributed by atoms with Crippen LogP contribution in [-0.2, 0) is 4.79 Å². The van der Waals surface area contributed by atoms with Crippen molar-refractivity contribution in [2.24, 2.45) is 5.41 Å². The number of rotatable bonds is 7. The first kappa shape index (κ1) is 28.1. The minimum absolute atomic E-state index is 0.0113. The molecule has 0 aliphatic carbocycles. The fourth-order valence-electron chi connectivity index (χ4n) is 5.31. The van der Waals surface area contributed by atoms with Crippen LogP contribution in [0.5, 0.6) is 0 Å². The van der Waals surface area contributed by atoms with Gasteiger partial charge in [0.05, 0.1) is 11.5 Å². The van der Waals surface area contributed by atoms with Crippen LogP contribution in [0.4, 0.5) is 18.9 Å². The number of hydrogen-bond donors (Lipinski definition) is 2. The second-order valence-corrected chi connectivity index (χ2v) is 11.1. The molecule has 0 saturated carbocycles. The van der Waals surface area contributed by atoms with Crippen molar-refractivity contribution in [2.75, 3.05) is 38.1 Å². The van der Waals surface area contributed by atoms with Crippen LogP contribution in [0.3, 0.4) is 0 Å². The van der Waals surface area contributed by atoms with Gasteiger partial charge in [-0.05, 0) is 75.4 Å². The topological polar surface area (TPSA) is 64.7 Å². The molecule has 9 heteroatoms. The Morgan fingerprint density at radius 2 is 1.68 bits per heavy atom. The molecule has 2 aliphatic heterocycles. The maximum atomic E-state index is 13.3. The van der Waals surface area contributed by atoms with E-state index in [9.17, 15) is 22.8 Å². The van der Waals surface area contributed by atoms with Crippen LogP contribution in [0.2, 0.25) is 0 Å². The Kier molecular flexibility index (Phi) is 8.47. The third-order valence-corrected chi connectivity index (χ3v) is 7.86. The second kappa shape index (κ2) is 11.5. The molecule has 38 heavy (non-hydrogen) atoms. The number of benzene rings is 2. The Hall–Kier alpha value is -2.91. The van der Waals surface area contributed by atoms with E-state index < -0.39 is 17.5 Å². The van der Waals surface area contributed by atoms with Crippen molar-refractivity contribution in [2.45, 2.75) is 57.8 Å². The first-order valence-electron chi connectivity index (χ1n) is 13.3. The Bertz CT molecular complexity index is 1120. The van der Waals surface area contributed by atoms with Gasteiger partial charge in [-0.3, -0.25) is 14.9 Å². The summed E-state index contributed by atoms with van der Waals surface area (Å²) in [5, 5.41) is 5.64. The molecule has 6 nitrogen and oxygen atoms in total. The van der Waals surface area contributed by atoms with Gasteiger partial charge in [-0.15, -0.1) is 0 Å². The first-order valence-corrected chi connectivity index (χ1v) is 13.3. The molecule has 0 aromatic heterocycles. The predicted molar refractivity (Wildman–Crippen MR) is 143 cm³/mol. The first-order chi connectivity index (χ1) is 18.0. The number of halogens is 3. The summed E-state index contributed by atoms with van der Waals surface area (Å²) in [6.45, 7) is 4.57. The van der Waals surface area contributed by atoms with Crippen molar-refractivity contribution >= 4 is 17.5 Å². The fraction of sp³-hybridized carbons (Fsp3) is 0.517. The van der Waals surface area contributed by atoms with Gasteiger partial charge in [-0.25, -0.2) is 0 Å². The highest BCUT2D eigenvalue weighted by molar-refractivity contribution is 6.09. The van der Waals surface area contributed by atoms with Gasteiger partial charge >= 0.3 is 6.18 Å². The number of amides is 2. The lowest BCUT2D eigenvalue weighted by atomic mass is 9.90. The second-order valence-electron chi connectivity index (χ2n) is 11.1. The van der Waals surface area contributed by atoms with E-state index in [4.69, 9.17) is 0 Å². The van der Waals surface area contributed by atoms with Gasteiger partial charge in [-0.1, -0.05) is 30.3 Å². The van der Waals surface area contributed by atoms with Crippen molar-refractivity contribution in [3.05, 3.63) is 54.1 Å². The quantitative estimate of drug-likeness (QED) is 0.501. The molecule has 2 aliphatic rings. The number of nitrogens with zero attached hydrogens (tertiary/aromatic N) is 2. The molecule has 0 radical (unpaired) electrons. The highest BCUT2D eigenvalue weighted by Crippen LogP contribution is 2.38. The van der Waals surface area contributed by atoms with Crippen molar-refractivity contribution in [3.63, 3.8) is 0 Å². The number of hydrogen-bond acceptors (Lipinski definition) is 5. The summed E-state index contributed by atoms with van der Waals surface area (Å²) < 4.78 is 39.9. The number of carbonyl (C=O) groups is 2. The lowest BCUT2D eigenvalue weighted by molar-refractivity contribution is -0.217. The highest BCUT2D eigenvalue weighted by Gasteiger charge is 2.48. The zero-order valence-electron chi connectivity index (χ0n) is 22.3. The van der Waals surface area contributed by atoms with E-state index in [1.165, 1.54) is 13.8 Å². The summed E-state index contributed by atoms with van der Waals surface area (Å²) in [5.74, 6) is -0.715. The largest absolute Gasteiger partial charge is 0.395 e. The normalized spacial score (nSPS) is 19.4. The summed E-state index contributed by atoms with van der Waals surface area (Å²) in [6.07, 6.45) is -0.998. The SMILES string of the molecule is CN(c1ccc(-c2ccccc2C(=O)NC(=O)[C@@H]2CCCN2)cc1)C1CCN(CC(C)(C)C(F)(F)F)CC1. The summed E-state index contributed by atoms with van der Waals surface area (Å²) >= 11 is 0. The predicted octanol–water partition coefficient (Wildman–Crippen LogP) is 4.85. The van der Waals surface area contributed by atoms with Gasteiger partial charge < -0.3 is 15.1 Å². The summed E-state index contributed by atoms with van der Waals surface area (Å²) in [7, 11) is 2.01. The molecular weight excluding hydrogens is 493 g/mol. The van der Waals surface area contributed by atoms with E-state index in [1.807, 2.05) is 48.3 Å². The van der Waals surface area contributed by atoms with E-state index in [1.54, 1.807) is 12.1 Å². The maximum absolute atomic E-state index is 13.3. The summed E-state index contributed by atoms with van der Waals surface area (Å²) in [6, 6.07) is 15.0. The molecule has 0 unspecified atom stereocenters. The van der Waals surface area contributed by atoms with Crippen LogP contribution < -0.4 is 15.5 Å². The average Bonchev–Trinajstić information content (AvgIpc) is 3.43. The fourth-order valence-corrected chi connectivity index (χ4v) is 5.31. The van der Waals surface area contributed by atoms with Gasteiger partial charge in [0.25, 0.3) is 5.91 Å². The van der Waals surface area contributed by atoms with Crippen molar-refractivity contribution in [1.29, 1.82) is 0 Å². The standard InChI is InChI=1S/C29H37F3N4O2/c1-28(2,29(30,31)32)19-36-17-14-22(15-18-36)35(3)21-12-10-20(11-13-21)23-7-4-5-8-24(23)26(37)34-27(38)25-9-6-16-33-25/h4-5,7-8,10-13,22,25,33H,6,9,14-19H2,1-3H3,(H,34,37,38)/t25-/m0/s1. The monoisotopic (exact) mass is 530 g/mol. The molecule has 2 saturated heterocycles. The van der Waals surface area contributed by atoms with E-state index in [2.05, 4.69) is 15.5 Å². The lowest BCUT2D eigenvalue weighted by Gasteiger charge is -2.41. The van der Waals surface area contributed by atoms with E-state index in [-0.39, 0.29) is 24.5 Å². The minimum Gasteiger partial charge on any atom is -0.372 e. The van der Waals surface area contributed by atoms with Gasteiger partial charge in [0, 0.05) is 44.0 Å². The third kappa shape index (κ3) is 6.38. The molecule has 2 amide bonds. The van der Waals surface area contributed by atoms with Crippen LogP contribution in [-0.4, -0.2) is 68.2 Å². The highest BCUT2D eigenvalue weighted by atomic mass is 19.4. The molecule has 2 aromatic carbocycles. The van der Waals surface area contributed by atoms with Gasteiger partial charge in [0.1, 0.15) is 0 Å². The van der Waals surface area contributed by atoms with Crippen LogP contribution in [0.1, 0.15) is 49.9 Å². The molecule has 0 spiro atoms. The molecule has 2 heterocycles. The maximum Gasteiger partial charge on any atom is 0.395 e. The van der Waals surface area contributed by atoms with E-state index >= 15 is 0 Å². The average molecular weight is 531 g/mol. The zero-order chi connectivity index (χ0) is 27.5. The Morgan fingerprint density at radius 1 is 1.03 bits per heavy atom. The van der Waals surface area contributed by atoms with Gasteiger partial charge in [0.2, 0.25) is 5.91 Å². The molecule has 2 aromatic rings. The van der Waals surface area contributed by atoms with Crippen LogP contribution in [0.25, 0.3) is 11.1 Å². The van der Waals surface area contributed by atoms with E-state index in [0.29, 0.717) is 18.7 Å². The number of likely N-dealkylation sites (tertiary alicyclic amines) is 1. The minimum atomic E-state index is -4.22. The Labute approximate surface area is 222 Å². The summed E-state index contributed by atoms with van der Waals surface area (Å²) in [5.41, 5.74) is 1.33. The molecule has 0 bridgehead atoms. The van der Waals surface area contributed by atoms with Crippen molar-refractivity contribution in [3.8, 4) is 11.1 Å². The number of nitrogens with one attached hydrogen (secondary N) is 2. The number of anilines is 1. The molecule has 1 atom stereocenters.